The molecule has 12 nitrogen and oxygen atoms in total. The van der Waals surface area contributed by atoms with E-state index in [-0.39, 0.29) is 37.9 Å². The summed E-state index contributed by atoms with van der Waals surface area (Å²) < 4.78 is 12.9. The summed E-state index contributed by atoms with van der Waals surface area (Å²) in [6.07, 6.45) is 3.38. The number of nitrogens with zero attached hydrogens (tertiary/aromatic N) is 3. The lowest BCUT2D eigenvalue weighted by atomic mass is 9.77. The summed E-state index contributed by atoms with van der Waals surface area (Å²) in [6, 6.07) is 44.3. The summed E-state index contributed by atoms with van der Waals surface area (Å²) in [7, 11) is 1.25. The number of amides is 2. The van der Waals surface area contributed by atoms with E-state index in [1.54, 1.807) is 6.33 Å². The molecule has 1 heterocycles. The molecule has 7 rings (SSSR count). The van der Waals surface area contributed by atoms with Gasteiger partial charge in [0, 0.05) is 25.1 Å². The third-order valence-electron chi connectivity index (χ3n) is 10.7. The highest BCUT2D eigenvalue weighted by atomic mass is 16.5. The van der Waals surface area contributed by atoms with Gasteiger partial charge in [0.15, 0.2) is 5.96 Å². The molecule has 1 aliphatic rings. The second kappa shape index (κ2) is 18.4. The highest BCUT2D eigenvalue weighted by Gasteiger charge is 2.39. The molecule has 5 aromatic carbocycles. The Balaban J connectivity index is 1.19. The minimum atomic E-state index is -1.20. The Hall–Kier alpha value is -7.21. The molecule has 0 bridgehead atoms. The molecular formula is C47H47N7O5. The van der Waals surface area contributed by atoms with Crippen LogP contribution in [0, 0.1) is 0 Å². The van der Waals surface area contributed by atoms with E-state index in [2.05, 4.69) is 64.2 Å². The van der Waals surface area contributed by atoms with Crippen LogP contribution < -0.4 is 22.1 Å². The van der Waals surface area contributed by atoms with Crippen LogP contribution in [0.4, 0.5) is 4.79 Å². The van der Waals surface area contributed by atoms with Crippen LogP contribution in [0.5, 0.6) is 0 Å². The monoisotopic (exact) mass is 789 g/mol. The predicted octanol–water partition coefficient (Wildman–Crippen LogP) is 5.88. The average molecular weight is 790 g/mol. The van der Waals surface area contributed by atoms with Gasteiger partial charge in [-0.15, -0.1) is 0 Å². The smallest absolute Gasteiger partial charge is 0.407 e. The zero-order valence-electron chi connectivity index (χ0n) is 32.7. The Morgan fingerprint density at radius 2 is 1.27 bits per heavy atom. The first-order chi connectivity index (χ1) is 28.8. The van der Waals surface area contributed by atoms with Crippen molar-refractivity contribution in [1.82, 2.24) is 20.2 Å². The zero-order valence-corrected chi connectivity index (χ0v) is 32.7. The number of carbonyl (C=O) groups excluding carboxylic acids is 3. The lowest BCUT2D eigenvalue weighted by Crippen LogP contribution is -2.53. The third-order valence-corrected chi connectivity index (χ3v) is 10.7. The fourth-order valence-corrected chi connectivity index (χ4v) is 8.01. The van der Waals surface area contributed by atoms with Gasteiger partial charge in [-0.2, -0.15) is 0 Å². The van der Waals surface area contributed by atoms with Crippen LogP contribution in [0.15, 0.2) is 157 Å². The molecule has 0 aliphatic heterocycles. The van der Waals surface area contributed by atoms with Crippen molar-refractivity contribution >= 4 is 23.9 Å². The number of benzene rings is 5. The Labute approximate surface area is 343 Å². The van der Waals surface area contributed by atoms with Gasteiger partial charge in [0.25, 0.3) is 0 Å². The number of aromatic nitrogens is 2. The number of fused-ring (bicyclic) bond motifs is 3. The molecule has 0 saturated heterocycles. The van der Waals surface area contributed by atoms with Gasteiger partial charge in [0.05, 0.1) is 19.1 Å². The quantitative estimate of drug-likeness (QED) is 0.0309. The van der Waals surface area contributed by atoms with E-state index < -0.39 is 35.6 Å². The van der Waals surface area contributed by atoms with Crippen molar-refractivity contribution in [2.45, 2.75) is 42.8 Å². The van der Waals surface area contributed by atoms with E-state index in [1.165, 1.54) is 7.11 Å². The van der Waals surface area contributed by atoms with E-state index in [0.29, 0.717) is 12.1 Å². The molecular weight excluding hydrogens is 743 g/mol. The standard InChI is InChI=1S/C47H47N7O5/c1-58-44(56)41(26-15-27-50-45(48)49)52-43(55)42(53-46(57)59-30-40-38-24-13-11-22-36(38)37-23-12-14-25-39(37)40)28-35-29-54(31-51-35)47(32-16-5-2-6-17-32,33-18-7-3-8-19-33)34-20-9-4-10-21-34/h2-14,16-25,29,31,40-42H,15,26-28,30H2,1H3,(H,52,55)(H,53,57)(H4,48,49,50)/t41-,42-/m0/s1. The number of rotatable bonds is 16. The molecule has 2 amide bonds. The topological polar surface area (TPSA) is 176 Å². The fraction of sp³-hybridized carbons (Fsp3) is 0.213. The second-order valence-electron chi connectivity index (χ2n) is 14.3. The highest BCUT2D eigenvalue weighted by Crippen LogP contribution is 2.45. The Bertz CT molecular complexity index is 2260. The van der Waals surface area contributed by atoms with E-state index in [4.69, 9.17) is 25.9 Å². The third kappa shape index (κ3) is 8.71. The Kier molecular flexibility index (Phi) is 12.5. The number of hydrogen-bond acceptors (Lipinski definition) is 7. The summed E-state index contributed by atoms with van der Waals surface area (Å²) in [5, 5.41) is 5.59. The summed E-state index contributed by atoms with van der Waals surface area (Å²) >= 11 is 0. The van der Waals surface area contributed by atoms with Crippen LogP contribution in [-0.2, 0) is 31.0 Å². The van der Waals surface area contributed by atoms with Gasteiger partial charge >= 0.3 is 12.1 Å². The first kappa shape index (κ1) is 40.0. The van der Waals surface area contributed by atoms with Crippen molar-refractivity contribution < 1.29 is 23.9 Å². The number of nitrogens with one attached hydrogen (secondary N) is 2. The van der Waals surface area contributed by atoms with Gasteiger partial charge in [-0.3, -0.25) is 9.79 Å². The maximum atomic E-state index is 14.2. The van der Waals surface area contributed by atoms with Crippen LogP contribution in [-0.4, -0.2) is 65.8 Å². The van der Waals surface area contributed by atoms with Crippen LogP contribution >= 0.6 is 0 Å². The van der Waals surface area contributed by atoms with Crippen LogP contribution in [0.2, 0.25) is 0 Å². The van der Waals surface area contributed by atoms with Crippen molar-refractivity contribution in [3.63, 3.8) is 0 Å². The van der Waals surface area contributed by atoms with E-state index in [0.717, 1.165) is 38.9 Å². The lowest BCUT2D eigenvalue weighted by molar-refractivity contribution is -0.145. The Morgan fingerprint density at radius 1 is 0.746 bits per heavy atom. The van der Waals surface area contributed by atoms with Gasteiger partial charge in [-0.25, -0.2) is 14.6 Å². The van der Waals surface area contributed by atoms with Crippen LogP contribution in [0.25, 0.3) is 11.1 Å². The van der Waals surface area contributed by atoms with Gasteiger partial charge in [0.1, 0.15) is 24.2 Å². The van der Waals surface area contributed by atoms with Crippen LogP contribution in [0.3, 0.4) is 0 Å². The summed E-state index contributed by atoms with van der Waals surface area (Å²) in [5.74, 6) is -1.53. The molecule has 12 heteroatoms. The van der Waals surface area contributed by atoms with Crippen LogP contribution in [0.1, 0.15) is 52.3 Å². The first-order valence-corrected chi connectivity index (χ1v) is 19.5. The normalized spacial score (nSPS) is 13.0. The molecule has 0 unspecified atom stereocenters. The predicted molar refractivity (Wildman–Crippen MR) is 226 cm³/mol. The number of ether oxygens (including phenoxy) is 2. The number of guanidine groups is 1. The Morgan fingerprint density at radius 3 is 1.80 bits per heavy atom. The number of nitrogens with two attached hydrogens (primary N) is 2. The summed E-state index contributed by atoms with van der Waals surface area (Å²) in [6.45, 7) is 0.294. The number of aliphatic imine (C=N–C) groups is 1. The molecule has 0 spiro atoms. The van der Waals surface area contributed by atoms with E-state index in [9.17, 15) is 14.4 Å². The maximum Gasteiger partial charge on any atom is 0.407 e. The molecule has 1 aliphatic carbocycles. The molecule has 6 aromatic rings. The number of esters is 1. The van der Waals surface area contributed by atoms with Crippen molar-refractivity contribution in [1.29, 1.82) is 0 Å². The van der Waals surface area contributed by atoms with Gasteiger partial charge in [-0.1, -0.05) is 140 Å². The van der Waals surface area contributed by atoms with Crippen molar-refractivity contribution in [2.24, 2.45) is 16.5 Å². The minimum absolute atomic E-state index is 0.0284. The minimum Gasteiger partial charge on any atom is -0.467 e. The fourth-order valence-electron chi connectivity index (χ4n) is 8.01. The molecule has 59 heavy (non-hydrogen) atoms. The molecule has 0 saturated carbocycles. The van der Waals surface area contributed by atoms with E-state index >= 15 is 0 Å². The SMILES string of the molecule is COC(=O)[C@H](CCCN=C(N)N)NC(=O)[C@H](Cc1cn(C(c2ccccc2)(c2ccccc2)c2ccccc2)cn1)NC(=O)OCC1c2ccccc2-c2ccccc21. The number of imidazole rings is 1. The largest absolute Gasteiger partial charge is 0.467 e. The molecule has 300 valence electrons. The summed E-state index contributed by atoms with van der Waals surface area (Å²) in [4.78, 5) is 49.6. The number of hydrogen-bond donors (Lipinski definition) is 4. The number of methoxy groups -OCH3 is 1. The summed E-state index contributed by atoms with van der Waals surface area (Å²) in [5.41, 5.74) is 17.9. The highest BCUT2D eigenvalue weighted by molar-refractivity contribution is 5.90. The first-order valence-electron chi connectivity index (χ1n) is 19.5. The molecule has 0 fully saturated rings. The van der Waals surface area contributed by atoms with Gasteiger partial charge < -0.3 is 36.1 Å². The van der Waals surface area contributed by atoms with Crippen molar-refractivity contribution in [3.8, 4) is 11.1 Å². The molecule has 1 aromatic heterocycles. The van der Waals surface area contributed by atoms with Crippen molar-refractivity contribution in [2.75, 3.05) is 20.3 Å². The average Bonchev–Trinajstić information content (AvgIpc) is 3.87. The molecule has 0 radical (unpaired) electrons. The molecule has 6 N–H and O–H groups in total. The second-order valence-corrected chi connectivity index (χ2v) is 14.3. The lowest BCUT2D eigenvalue weighted by Gasteiger charge is -2.37. The van der Waals surface area contributed by atoms with Gasteiger partial charge in [-0.05, 0) is 51.8 Å². The number of carbonyl (C=O) groups is 3. The maximum absolute atomic E-state index is 14.2. The number of alkyl carbamates (subject to hydrolysis) is 1. The van der Waals surface area contributed by atoms with Crippen molar-refractivity contribution in [3.05, 3.63) is 186 Å². The van der Waals surface area contributed by atoms with E-state index in [1.807, 2.05) is 102 Å². The van der Waals surface area contributed by atoms with Gasteiger partial charge in [0.2, 0.25) is 5.91 Å². The zero-order chi connectivity index (χ0) is 41.2. The molecule has 2 atom stereocenters.